The standard InChI is InChI=1S/C43H63F3O8/c1-4-5-6-7-8-9-10-11-12-13-14-15-18-21-29-51-42(50)26-20-17-16-19-25-39-38(40(49)31-41(39)54-34(3)48)28-27-37(53-33(2)47)32-52-36-24-22-23-35(30-36)43(44,45)46/h9-10,16,19,22-24,27-28,30,37-41,49H,4-8,11-15,17-18,20-21,25-26,29,31-32H2,1-3H3/b10-9-,19-16-,28-27+/t37-,38-,39-,40-,41+/m1/s1. The highest BCUT2D eigenvalue weighted by molar-refractivity contribution is 5.69. The summed E-state index contributed by atoms with van der Waals surface area (Å²) in [5, 5.41) is 10.9. The Labute approximate surface area is 320 Å². The van der Waals surface area contributed by atoms with Crippen LogP contribution in [0.1, 0.15) is 135 Å². The molecule has 1 saturated carbocycles. The van der Waals surface area contributed by atoms with E-state index in [1.54, 1.807) is 6.08 Å². The number of hydrogen-bond acceptors (Lipinski definition) is 8. The van der Waals surface area contributed by atoms with E-state index < -0.39 is 47.9 Å². The first-order chi connectivity index (χ1) is 25.9. The minimum Gasteiger partial charge on any atom is -0.489 e. The molecule has 304 valence electrons. The highest BCUT2D eigenvalue weighted by atomic mass is 19.4. The lowest BCUT2D eigenvalue weighted by Crippen LogP contribution is -2.25. The van der Waals surface area contributed by atoms with Gasteiger partial charge in [-0.25, -0.2) is 0 Å². The van der Waals surface area contributed by atoms with Crippen molar-refractivity contribution < 1.29 is 51.6 Å². The van der Waals surface area contributed by atoms with E-state index >= 15 is 0 Å². The molecule has 0 spiro atoms. The summed E-state index contributed by atoms with van der Waals surface area (Å²) in [4.78, 5) is 35.8. The van der Waals surface area contributed by atoms with Crippen molar-refractivity contribution in [3.63, 3.8) is 0 Å². The van der Waals surface area contributed by atoms with E-state index in [4.69, 9.17) is 18.9 Å². The van der Waals surface area contributed by atoms with Crippen LogP contribution in [-0.4, -0.2) is 54.5 Å². The number of unbranched alkanes of at least 4 members (excludes halogenated alkanes) is 11. The van der Waals surface area contributed by atoms with E-state index in [9.17, 15) is 32.7 Å². The van der Waals surface area contributed by atoms with E-state index in [2.05, 4.69) is 19.1 Å². The molecular formula is C43H63F3O8. The molecule has 0 heterocycles. The predicted molar refractivity (Wildman–Crippen MR) is 204 cm³/mol. The van der Waals surface area contributed by atoms with Crippen molar-refractivity contribution in [1.29, 1.82) is 0 Å². The molecule has 0 saturated heterocycles. The molecule has 1 fully saturated rings. The number of aliphatic hydroxyl groups is 1. The molecule has 5 atom stereocenters. The maximum Gasteiger partial charge on any atom is 0.416 e. The van der Waals surface area contributed by atoms with Gasteiger partial charge in [0.25, 0.3) is 0 Å². The maximum absolute atomic E-state index is 13.1. The zero-order valence-corrected chi connectivity index (χ0v) is 32.5. The zero-order chi connectivity index (χ0) is 39.6. The van der Waals surface area contributed by atoms with Gasteiger partial charge in [-0.15, -0.1) is 0 Å². The van der Waals surface area contributed by atoms with E-state index in [0.717, 1.165) is 37.8 Å². The molecule has 54 heavy (non-hydrogen) atoms. The number of aliphatic hydroxyl groups excluding tert-OH is 1. The van der Waals surface area contributed by atoms with Crippen LogP contribution in [0.4, 0.5) is 13.2 Å². The third kappa shape index (κ3) is 20.7. The molecule has 0 radical (unpaired) electrons. The number of halogens is 3. The van der Waals surface area contributed by atoms with Crippen LogP contribution >= 0.6 is 0 Å². The van der Waals surface area contributed by atoms with E-state index in [-0.39, 0.29) is 30.7 Å². The summed E-state index contributed by atoms with van der Waals surface area (Å²) in [5.41, 5.74) is -0.866. The van der Waals surface area contributed by atoms with Gasteiger partial charge in [0.1, 0.15) is 18.5 Å². The van der Waals surface area contributed by atoms with Gasteiger partial charge in [-0.3, -0.25) is 14.4 Å². The van der Waals surface area contributed by atoms with Crippen molar-refractivity contribution in [2.45, 2.75) is 154 Å². The highest BCUT2D eigenvalue weighted by Gasteiger charge is 2.42. The fourth-order valence-corrected chi connectivity index (χ4v) is 6.56. The molecule has 1 aromatic carbocycles. The van der Waals surface area contributed by atoms with Gasteiger partial charge in [0, 0.05) is 38.5 Å². The Morgan fingerprint density at radius 3 is 2.19 bits per heavy atom. The molecule has 1 N–H and O–H groups in total. The normalized spacial score (nSPS) is 19.5. The van der Waals surface area contributed by atoms with E-state index in [1.165, 1.54) is 83.4 Å². The number of carbonyl (C=O) groups excluding carboxylic acids is 3. The third-order valence-electron chi connectivity index (χ3n) is 9.39. The molecule has 0 bridgehead atoms. The number of ether oxygens (including phenoxy) is 4. The minimum atomic E-state index is -4.54. The number of allylic oxidation sites excluding steroid dienone is 4. The first kappa shape index (κ1) is 46.6. The second-order valence-corrected chi connectivity index (χ2v) is 14.1. The molecule has 0 aromatic heterocycles. The molecule has 1 aliphatic rings. The first-order valence-corrected chi connectivity index (χ1v) is 19.9. The Hall–Kier alpha value is -3.60. The lowest BCUT2D eigenvalue weighted by atomic mass is 9.89. The Kier molecular flexibility index (Phi) is 23.3. The average molecular weight is 765 g/mol. The highest BCUT2D eigenvalue weighted by Crippen LogP contribution is 2.38. The number of rotatable bonds is 27. The van der Waals surface area contributed by atoms with E-state index in [0.29, 0.717) is 32.3 Å². The summed E-state index contributed by atoms with van der Waals surface area (Å²) in [6, 6.07) is 4.40. The SMILES string of the molecule is CCCCCC/C=C\CCCCCCCCOC(=O)CCC/C=C\C[C@@H]1[C@@H](/C=C/[C@H](COc2cccc(C(F)(F)F)c2)OC(C)=O)[C@H](O)C[C@@H]1OC(C)=O. The Morgan fingerprint density at radius 2 is 1.52 bits per heavy atom. The molecule has 2 rings (SSSR count). The van der Waals surface area contributed by atoms with Crippen LogP contribution in [0, 0.1) is 11.8 Å². The Bertz CT molecular complexity index is 1310. The van der Waals surface area contributed by atoms with Crippen LogP contribution in [0.25, 0.3) is 0 Å². The fraction of sp³-hybridized carbons (Fsp3) is 0.651. The van der Waals surface area contributed by atoms with Crippen LogP contribution < -0.4 is 4.74 Å². The number of alkyl halides is 3. The van der Waals surface area contributed by atoms with Crippen LogP contribution in [0.2, 0.25) is 0 Å². The number of hydrogen-bond donors (Lipinski definition) is 1. The summed E-state index contributed by atoms with van der Waals surface area (Å²) in [7, 11) is 0. The van der Waals surface area contributed by atoms with Gasteiger partial charge < -0.3 is 24.1 Å². The number of carbonyl (C=O) groups is 3. The minimum absolute atomic E-state index is 0.0363. The van der Waals surface area contributed by atoms with Crippen LogP contribution in [0.15, 0.2) is 60.7 Å². The van der Waals surface area contributed by atoms with Crippen molar-refractivity contribution in [2.24, 2.45) is 11.8 Å². The molecule has 1 aliphatic carbocycles. The van der Waals surface area contributed by atoms with Crippen molar-refractivity contribution in [2.75, 3.05) is 13.2 Å². The summed E-state index contributed by atoms with van der Waals surface area (Å²) in [6.07, 6.45) is 21.5. The Balaban J connectivity index is 1.74. The molecule has 0 amide bonds. The summed E-state index contributed by atoms with van der Waals surface area (Å²) < 4.78 is 61.1. The second-order valence-electron chi connectivity index (χ2n) is 14.1. The van der Waals surface area contributed by atoms with Crippen LogP contribution in [0.3, 0.4) is 0 Å². The van der Waals surface area contributed by atoms with Crippen molar-refractivity contribution in [3.05, 3.63) is 66.3 Å². The molecule has 11 heteroatoms. The monoisotopic (exact) mass is 764 g/mol. The van der Waals surface area contributed by atoms with Gasteiger partial charge in [-0.05, 0) is 75.6 Å². The van der Waals surface area contributed by atoms with Gasteiger partial charge in [-0.1, -0.05) is 88.3 Å². The molecule has 0 unspecified atom stereocenters. The largest absolute Gasteiger partial charge is 0.489 e. The quantitative estimate of drug-likeness (QED) is 0.0408. The average Bonchev–Trinajstić information content (AvgIpc) is 3.40. The van der Waals surface area contributed by atoms with Gasteiger partial charge in [-0.2, -0.15) is 13.2 Å². The van der Waals surface area contributed by atoms with Crippen LogP contribution in [0.5, 0.6) is 5.75 Å². The summed E-state index contributed by atoms with van der Waals surface area (Å²) in [5.74, 6) is -2.07. The van der Waals surface area contributed by atoms with Gasteiger partial charge in [0.2, 0.25) is 0 Å². The van der Waals surface area contributed by atoms with Crippen LogP contribution in [-0.2, 0) is 34.8 Å². The second kappa shape index (κ2) is 27.1. The molecule has 1 aromatic rings. The lowest BCUT2D eigenvalue weighted by molar-refractivity contribution is -0.148. The van der Waals surface area contributed by atoms with E-state index in [1.807, 2.05) is 12.2 Å². The fourth-order valence-electron chi connectivity index (χ4n) is 6.56. The first-order valence-electron chi connectivity index (χ1n) is 19.9. The number of esters is 3. The molecule has 0 aliphatic heterocycles. The smallest absolute Gasteiger partial charge is 0.416 e. The van der Waals surface area contributed by atoms with Gasteiger partial charge in [0.05, 0.1) is 18.3 Å². The van der Waals surface area contributed by atoms with Crippen molar-refractivity contribution in [1.82, 2.24) is 0 Å². The summed E-state index contributed by atoms with van der Waals surface area (Å²) in [6.45, 7) is 4.94. The third-order valence-corrected chi connectivity index (χ3v) is 9.39. The van der Waals surface area contributed by atoms with Gasteiger partial charge in [0.15, 0.2) is 6.10 Å². The molecule has 8 nitrogen and oxygen atoms in total. The van der Waals surface area contributed by atoms with Crippen molar-refractivity contribution >= 4 is 17.9 Å². The predicted octanol–water partition coefficient (Wildman–Crippen LogP) is 10.4. The topological polar surface area (TPSA) is 108 Å². The molecular weight excluding hydrogens is 701 g/mol. The van der Waals surface area contributed by atoms with Gasteiger partial charge >= 0.3 is 24.1 Å². The Morgan fingerprint density at radius 1 is 0.870 bits per heavy atom. The van der Waals surface area contributed by atoms with Crippen molar-refractivity contribution in [3.8, 4) is 5.75 Å². The zero-order valence-electron chi connectivity index (χ0n) is 32.5. The lowest BCUT2D eigenvalue weighted by Gasteiger charge is -2.22. The number of benzene rings is 1. The summed E-state index contributed by atoms with van der Waals surface area (Å²) >= 11 is 0. The maximum atomic E-state index is 13.1.